The van der Waals surface area contributed by atoms with Crippen LogP contribution in [0.5, 0.6) is 0 Å². The molecule has 2 rings (SSSR count). The summed E-state index contributed by atoms with van der Waals surface area (Å²) in [4.78, 5) is 36.8. The molecule has 1 heterocycles. The molecule has 1 N–H and O–H groups in total. The summed E-state index contributed by atoms with van der Waals surface area (Å²) in [5, 5.41) is 2.88. The standard InChI is InChI=1S/C19H26N2O4/c1-14(10-19(24)25-2)9-17(22)20-12-15-5-3-6-16(11-15)13-21-8-4-7-18(21)23/h3,5-6,11,14H,4,7-10,12-13H2,1-2H3,(H,20,22)/t14-/m0/s1. The molecule has 0 unspecified atom stereocenters. The van der Waals surface area contributed by atoms with Crippen molar-refractivity contribution in [3.05, 3.63) is 35.4 Å². The van der Waals surface area contributed by atoms with Gasteiger partial charge in [0.1, 0.15) is 0 Å². The van der Waals surface area contributed by atoms with Crippen molar-refractivity contribution in [2.24, 2.45) is 5.92 Å². The molecule has 0 radical (unpaired) electrons. The molecule has 0 bridgehead atoms. The molecule has 0 aromatic heterocycles. The SMILES string of the molecule is COC(=O)C[C@@H](C)CC(=O)NCc1cccc(CN2CCCC2=O)c1. The minimum absolute atomic E-state index is 0.0556. The predicted molar refractivity (Wildman–Crippen MR) is 93.4 cm³/mol. The summed E-state index contributed by atoms with van der Waals surface area (Å²) in [6.45, 7) is 3.73. The smallest absolute Gasteiger partial charge is 0.305 e. The Labute approximate surface area is 148 Å². The molecule has 1 saturated heterocycles. The quantitative estimate of drug-likeness (QED) is 0.731. The molecule has 1 aromatic rings. The first-order valence-corrected chi connectivity index (χ1v) is 8.67. The van der Waals surface area contributed by atoms with E-state index in [0.29, 0.717) is 19.5 Å². The Morgan fingerprint density at radius 2 is 2.04 bits per heavy atom. The van der Waals surface area contributed by atoms with Gasteiger partial charge in [-0.3, -0.25) is 14.4 Å². The van der Waals surface area contributed by atoms with Gasteiger partial charge in [-0.05, 0) is 23.5 Å². The van der Waals surface area contributed by atoms with Crippen molar-refractivity contribution in [1.29, 1.82) is 0 Å². The number of hydrogen-bond donors (Lipinski definition) is 1. The molecular weight excluding hydrogens is 320 g/mol. The molecule has 1 aromatic carbocycles. The summed E-state index contributed by atoms with van der Waals surface area (Å²) in [7, 11) is 1.35. The van der Waals surface area contributed by atoms with Crippen molar-refractivity contribution in [1.82, 2.24) is 10.2 Å². The van der Waals surface area contributed by atoms with Gasteiger partial charge in [0.15, 0.2) is 0 Å². The van der Waals surface area contributed by atoms with E-state index in [-0.39, 0.29) is 36.5 Å². The molecule has 1 aliphatic rings. The number of benzene rings is 1. The van der Waals surface area contributed by atoms with Crippen molar-refractivity contribution in [3.8, 4) is 0 Å². The van der Waals surface area contributed by atoms with E-state index in [9.17, 15) is 14.4 Å². The fourth-order valence-electron chi connectivity index (χ4n) is 2.96. The van der Waals surface area contributed by atoms with E-state index in [1.54, 1.807) is 0 Å². The van der Waals surface area contributed by atoms with E-state index in [1.807, 2.05) is 36.1 Å². The number of rotatable bonds is 8. The summed E-state index contributed by atoms with van der Waals surface area (Å²) < 4.78 is 4.61. The highest BCUT2D eigenvalue weighted by Crippen LogP contribution is 2.15. The van der Waals surface area contributed by atoms with Crippen LogP contribution in [-0.2, 0) is 32.2 Å². The zero-order valence-corrected chi connectivity index (χ0v) is 14.9. The fourth-order valence-corrected chi connectivity index (χ4v) is 2.96. The number of methoxy groups -OCH3 is 1. The maximum Gasteiger partial charge on any atom is 0.305 e. The number of nitrogens with zero attached hydrogens (tertiary/aromatic N) is 1. The Kier molecular flexibility index (Phi) is 6.98. The minimum Gasteiger partial charge on any atom is -0.469 e. The van der Waals surface area contributed by atoms with Crippen molar-refractivity contribution >= 4 is 17.8 Å². The van der Waals surface area contributed by atoms with E-state index >= 15 is 0 Å². The third-order valence-corrected chi connectivity index (χ3v) is 4.30. The van der Waals surface area contributed by atoms with Crippen LogP contribution in [0.15, 0.2) is 24.3 Å². The third kappa shape index (κ3) is 6.21. The van der Waals surface area contributed by atoms with E-state index in [0.717, 1.165) is 24.1 Å². The van der Waals surface area contributed by atoms with Crippen LogP contribution in [0.4, 0.5) is 0 Å². The van der Waals surface area contributed by atoms with Crippen LogP contribution in [0, 0.1) is 5.92 Å². The number of hydrogen-bond acceptors (Lipinski definition) is 4. The van der Waals surface area contributed by atoms with Gasteiger partial charge in [-0.2, -0.15) is 0 Å². The summed E-state index contributed by atoms with van der Waals surface area (Å²) in [6.07, 6.45) is 2.10. The van der Waals surface area contributed by atoms with Crippen LogP contribution >= 0.6 is 0 Å². The van der Waals surface area contributed by atoms with E-state index in [4.69, 9.17) is 0 Å². The van der Waals surface area contributed by atoms with Gasteiger partial charge >= 0.3 is 5.97 Å². The van der Waals surface area contributed by atoms with E-state index < -0.39 is 0 Å². The first kappa shape index (κ1) is 19.0. The predicted octanol–water partition coefficient (Wildman–Crippen LogP) is 2.01. The average Bonchev–Trinajstić information content (AvgIpc) is 2.98. The van der Waals surface area contributed by atoms with Gasteiger partial charge in [-0.1, -0.05) is 31.2 Å². The average molecular weight is 346 g/mol. The second-order valence-electron chi connectivity index (χ2n) is 6.61. The topological polar surface area (TPSA) is 75.7 Å². The Balaban J connectivity index is 1.80. The Morgan fingerprint density at radius 1 is 1.28 bits per heavy atom. The van der Waals surface area contributed by atoms with Crippen molar-refractivity contribution in [3.63, 3.8) is 0 Å². The highest BCUT2D eigenvalue weighted by molar-refractivity contribution is 5.78. The maximum absolute atomic E-state index is 12.0. The van der Waals surface area contributed by atoms with Gasteiger partial charge in [-0.25, -0.2) is 0 Å². The zero-order valence-electron chi connectivity index (χ0n) is 14.9. The second-order valence-corrected chi connectivity index (χ2v) is 6.61. The Bertz CT molecular complexity index is 630. The molecule has 0 saturated carbocycles. The maximum atomic E-state index is 12.0. The molecule has 25 heavy (non-hydrogen) atoms. The van der Waals surface area contributed by atoms with Crippen LogP contribution in [-0.4, -0.2) is 36.3 Å². The van der Waals surface area contributed by atoms with Gasteiger partial charge in [0.05, 0.1) is 7.11 Å². The fraction of sp³-hybridized carbons (Fsp3) is 0.526. The molecular formula is C19H26N2O4. The molecule has 1 fully saturated rings. The normalized spacial score (nSPS) is 15.1. The monoisotopic (exact) mass is 346 g/mol. The van der Waals surface area contributed by atoms with Crippen LogP contribution < -0.4 is 5.32 Å². The van der Waals surface area contributed by atoms with Gasteiger partial charge in [0.2, 0.25) is 11.8 Å². The summed E-state index contributed by atoms with van der Waals surface area (Å²) in [5.41, 5.74) is 2.07. The highest BCUT2D eigenvalue weighted by Gasteiger charge is 2.20. The lowest BCUT2D eigenvalue weighted by Crippen LogP contribution is -2.26. The first-order chi connectivity index (χ1) is 12.0. The summed E-state index contributed by atoms with van der Waals surface area (Å²) in [5.74, 6) is -0.237. The second kappa shape index (κ2) is 9.20. The van der Waals surface area contributed by atoms with E-state index in [2.05, 4.69) is 10.1 Å². The number of nitrogens with one attached hydrogen (secondary N) is 1. The lowest BCUT2D eigenvalue weighted by Gasteiger charge is -2.16. The molecule has 1 aliphatic heterocycles. The molecule has 2 amide bonds. The van der Waals surface area contributed by atoms with Gasteiger partial charge in [0.25, 0.3) is 0 Å². The highest BCUT2D eigenvalue weighted by atomic mass is 16.5. The summed E-state index contributed by atoms with van der Waals surface area (Å²) in [6, 6.07) is 7.91. The summed E-state index contributed by atoms with van der Waals surface area (Å²) >= 11 is 0. The number of esters is 1. The number of amides is 2. The van der Waals surface area contributed by atoms with E-state index in [1.165, 1.54) is 7.11 Å². The minimum atomic E-state index is -0.301. The lowest BCUT2D eigenvalue weighted by molar-refractivity contribution is -0.141. The van der Waals surface area contributed by atoms with Crippen molar-refractivity contribution in [2.75, 3.05) is 13.7 Å². The van der Waals surface area contributed by atoms with Crippen molar-refractivity contribution in [2.45, 2.75) is 45.7 Å². The molecule has 1 atom stereocenters. The van der Waals surface area contributed by atoms with Gasteiger partial charge in [-0.15, -0.1) is 0 Å². The van der Waals surface area contributed by atoms with Gasteiger partial charge < -0.3 is 15.0 Å². The molecule has 0 spiro atoms. The van der Waals surface area contributed by atoms with Crippen LogP contribution in [0.3, 0.4) is 0 Å². The molecule has 0 aliphatic carbocycles. The van der Waals surface area contributed by atoms with Crippen molar-refractivity contribution < 1.29 is 19.1 Å². The Hall–Kier alpha value is -2.37. The largest absolute Gasteiger partial charge is 0.469 e. The van der Waals surface area contributed by atoms with Crippen LogP contribution in [0.2, 0.25) is 0 Å². The zero-order chi connectivity index (χ0) is 18.2. The molecule has 136 valence electrons. The van der Waals surface area contributed by atoms with Crippen LogP contribution in [0.25, 0.3) is 0 Å². The van der Waals surface area contributed by atoms with Gasteiger partial charge in [0, 0.05) is 38.9 Å². The van der Waals surface area contributed by atoms with Crippen LogP contribution in [0.1, 0.15) is 43.7 Å². The third-order valence-electron chi connectivity index (χ3n) is 4.30. The lowest BCUT2D eigenvalue weighted by atomic mass is 10.0. The number of carbonyl (C=O) groups is 3. The molecule has 6 heteroatoms. The number of carbonyl (C=O) groups excluding carboxylic acids is 3. The first-order valence-electron chi connectivity index (χ1n) is 8.67. The molecule has 6 nitrogen and oxygen atoms in total. The number of ether oxygens (including phenoxy) is 1. The number of likely N-dealkylation sites (tertiary alicyclic amines) is 1. The Morgan fingerprint density at radius 3 is 2.72 bits per heavy atom.